The monoisotopic (exact) mass is 396 g/mol. The van der Waals surface area contributed by atoms with Crippen LogP contribution in [0.15, 0.2) is 42.5 Å². The number of aliphatic carboxylic acids is 1. The molecule has 1 saturated carbocycles. The first-order valence-corrected chi connectivity index (χ1v) is 8.97. The van der Waals surface area contributed by atoms with E-state index in [2.05, 4.69) is 0 Å². The zero-order valence-electron chi connectivity index (χ0n) is 15.2. The molecular weight excluding hydrogens is 376 g/mol. The van der Waals surface area contributed by atoms with Gasteiger partial charge in [-0.15, -0.1) is 0 Å². The van der Waals surface area contributed by atoms with Crippen LogP contribution in [0.3, 0.4) is 0 Å². The minimum Gasteiger partial charge on any atom is -0.484 e. The molecule has 0 saturated heterocycles. The van der Waals surface area contributed by atoms with Crippen LogP contribution in [-0.2, 0) is 4.79 Å². The number of hydrogen-bond acceptors (Lipinski definition) is 2. The zero-order chi connectivity index (χ0) is 20.5. The lowest BCUT2D eigenvalue weighted by Gasteiger charge is -2.22. The van der Waals surface area contributed by atoms with Crippen molar-refractivity contribution in [3.05, 3.63) is 53.8 Å². The van der Waals surface area contributed by atoms with E-state index in [1.54, 1.807) is 6.07 Å². The summed E-state index contributed by atoms with van der Waals surface area (Å²) in [5.74, 6) is -2.27. The van der Waals surface area contributed by atoms with Gasteiger partial charge in [0.2, 0.25) is 0 Å². The summed E-state index contributed by atoms with van der Waals surface area (Å²) < 4.78 is 55.8. The molecule has 3 nitrogen and oxygen atoms in total. The molecular formula is C21H20F4O3. The lowest BCUT2D eigenvalue weighted by molar-refractivity contribution is -0.153. The van der Waals surface area contributed by atoms with Crippen molar-refractivity contribution in [2.75, 3.05) is 6.61 Å². The summed E-state index contributed by atoms with van der Waals surface area (Å²) in [5, 5.41) is 9.75. The first kappa shape index (κ1) is 20.2. The summed E-state index contributed by atoms with van der Waals surface area (Å²) in [4.78, 5) is 11.9. The molecule has 0 aliphatic heterocycles. The van der Waals surface area contributed by atoms with E-state index < -0.39 is 30.5 Å². The second kappa shape index (κ2) is 7.81. The first-order chi connectivity index (χ1) is 13.1. The largest absolute Gasteiger partial charge is 0.484 e. The Bertz CT molecular complexity index is 842. The Morgan fingerprint density at radius 2 is 1.79 bits per heavy atom. The van der Waals surface area contributed by atoms with Crippen LogP contribution < -0.4 is 4.74 Å². The highest BCUT2D eigenvalue weighted by Gasteiger charge is 2.38. The third kappa shape index (κ3) is 5.03. The van der Waals surface area contributed by atoms with Crippen LogP contribution >= 0.6 is 0 Å². The molecule has 28 heavy (non-hydrogen) atoms. The second-order valence-corrected chi connectivity index (χ2v) is 7.21. The fourth-order valence-corrected chi connectivity index (χ4v) is 3.42. The molecule has 3 rings (SSSR count). The molecule has 2 atom stereocenters. The first-order valence-electron chi connectivity index (χ1n) is 8.97. The quantitative estimate of drug-likeness (QED) is 0.616. The van der Waals surface area contributed by atoms with Crippen LogP contribution in [0.25, 0.3) is 11.1 Å². The van der Waals surface area contributed by atoms with Crippen LogP contribution in [0.4, 0.5) is 17.6 Å². The fraction of sp³-hybridized carbons (Fsp3) is 0.381. The zero-order valence-corrected chi connectivity index (χ0v) is 15.2. The Morgan fingerprint density at radius 3 is 2.32 bits per heavy atom. The van der Waals surface area contributed by atoms with Gasteiger partial charge in [-0.25, -0.2) is 4.39 Å². The minimum absolute atomic E-state index is 0.0663. The maximum Gasteiger partial charge on any atom is 0.422 e. The number of hydrogen-bond donors (Lipinski definition) is 1. The Morgan fingerprint density at radius 1 is 1.14 bits per heavy atom. The number of carboxylic acids is 1. The van der Waals surface area contributed by atoms with E-state index in [1.807, 2.05) is 6.92 Å². The minimum atomic E-state index is -4.51. The highest BCUT2D eigenvalue weighted by molar-refractivity contribution is 5.78. The number of ether oxygens (including phenoxy) is 1. The number of alkyl halides is 3. The standard InChI is InChI=1S/C21H20F4O3/c1-12(13-2-3-13)19(20(26)27)16-8-15(14-4-6-17(22)7-5-14)9-18(10-16)28-11-21(23,24)25/h4-10,12-13,19H,2-3,11H2,1H3,(H,26,27). The molecule has 1 aliphatic rings. The summed E-state index contributed by atoms with van der Waals surface area (Å²) in [6.45, 7) is 0.368. The molecule has 0 amide bonds. The van der Waals surface area contributed by atoms with Crippen molar-refractivity contribution in [3.8, 4) is 16.9 Å². The van der Waals surface area contributed by atoms with Crippen LogP contribution in [0, 0.1) is 17.7 Å². The SMILES string of the molecule is CC(C1CC1)C(C(=O)O)c1cc(OCC(F)(F)F)cc(-c2ccc(F)cc2)c1. The molecule has 1 fully saturated rings. The molecule has 7 heteroatoms. The third-order valence-electron chi connectivity index (χ3n) is 5.03. The van der Waals surface area contributed by atoms with E-state index in [1.165, 1.54) is 36.4 Å². The van der Waals surface area contributed by atoms with Crippen molar-refractivity contribution in [2.45, 2.75) is 31.9 Å². The van der Waals surface area contributed by atoms with Gasteiger partial charge in [-0.3, -0.25) is 4.79 Å². The van der Waals surface area contributed by atoms with E-state index in [0.717, 1.165) is 12.8 Å². The maximum atomic E-state index is 13.2. The number of benzene rings is 2. The van der Waals surface area contributed by atoms with Gasteiger partial charge in [-0.1, -0.05) is 25.1 Å². The molecule has 2 unspecified atom stereocenters. The molecule has 150 valence electrons. The number of rotatable bonds is 7. The van der Waals surface area contributed by atoms with E-state index >= 15 is 0 Å². The van der Waals surface area contributed by atoms with Crippen molar-refractivity contribution < 1.29 is 32.2 Å². The summed E-state index contributed by atoms with van der Waals surface area (Å²) >= 11 is 0. The maximum absolute atomic E-state index is 13.2. The van der Waals surface area contributed by atoms with Gasteiger partial charge in [0.15, 0.2) is 6.61 Å². The topological polar surface area (TPSA) is 46.5 Å². The van der Waals surface area contributed by atoms with Gasteiger partial charge in [0, 0.05) is 0 Å². The van der Waals surface area contributed by atoms with Crippen molar-refractivity contribution in [3.63, 3.8) is 0 Å². The number of carboxylic acid groups (broad SMARTS) is 1. The van der Waals surface area contributed by atoms with E-state index in [4.69, 9.17) is 4.74 Å². The summed E-state index contributed by atoms with van der Waals surface area (Å²) in [6, 6.07) is 9.84. The molecule has 0 bridgehead atoms. The lowest BCUT2D eigenvalue weighted by Crippen LogP contribution is -2.22. The van der Waals surface area contributed by atoms with Crippen LogP contribution in [0.2, 0.25) is 0 Å². The van der Waals surface area contributed by atoms with Crippen molar-refractivity contribution >= 4 is 5.97 Å². The predicted octanol–water partition coefficient (Wildman–Crippen LogP) is 5.65. The molecule has 1 N–H and O–H groups in total. The van der Waals surface area contributed by atoms with Gasteiger partial charge < -0.3 is 9.84 Å². The Hall–Kier alpha value is -2.57. The van der Waals surface area contributed by atoms with Gasteiger partial charge in [0.25, 0.3) is 0 Å². The third-order valence-corrected chi connectivity index (χ3v) is 5.03. The van der Waals surface area contributed by atoms with Gasteiger partial charge in [0.05, 0.1) is 5.92 Å². The van der Waals surface area contributed by atoms with Gasteiger partial charge in [-0.05, 0) is 65.6 Å². The molecule has 0 radical (unpaired) electrons. The molecule has 0 spiro atoms. The van der Waals surface area contributed by atoms with Crippen LogP contribution in [0.1, 0.15) is 31.2 Å². The van der Waals surface area contributed by atoms with E-state index in [0.29, 0.717) is 16.7 Å². The molecule has 0 aromatic heterocycles. The fourth-order valence-electron chi connectivity index (χ4n) is 3.42. The lowest BCUT2D eigenvalue weighted by atomic mass is 9.83. The molecule has 0 heterocycles. The second-order valence-electron chi connectivity index (χ2n) is 7.21. The van der Waals surface area contributed by atoms with Crippen molar-refractivity contribution in [1.82, 2.24) is 0 Å². The Labute approximate surface area is 159 Å². The summed E-state index contributed by atoms with van der Waals surface area (Å²) in [7, 11) is 0. The van der Waals surface area contributed by atoms with Gasteiger partial charge >= 0.3 is 12.1 Å². The Kier molecular flexibility index (Phi) is 5.63. The molecule has 2 aromatic rings. The average molecular weight is 396 g/mol. The summed E-state index contributed by atoms with van der Waals surface area (Å²) in [6.07, 6.45) is -2.63. The Balaban J connectivity index is 2.02. The average Bonchev–Trinajstić information content (AvgIpc) is 3.45. The van der Waals surface area contributed by atoms with Crippen molar-refractivity contribution in [1.29, 1.82) is 0 Å². The van der Waals surface area contributed by atoms with Gasteiger partial charge in [0.1, 0.15) is 11.6 Å². The molecule has 1 aliphatic carbocycles. The van der Waals surface area contributed by atoms with E-state index in [9.17, 15) is 27.5 Å². The smallest absolute Gasteiger partial charge is 0.422 e. The number of carbonyl (C=O) groups is 1. The molecule has 2 aromatic carbocycles. The van der Waals surface area contributed by atoms with Crippen LogP contribution in [-0.4, -0.2) is 23.9 Å². The number of halogens is 4. The highest BCUT2D eigenvalue weighted by Crippen LogP contribution is 2.45. The highest BCUT2D eigenvalue weighted by atomic mass is 19.4. The van der Waals surface area contributed by atoms with Crippen molar-refractivity contribution in [2.24, 2.45) is 11.8 Å². The predicted molar refractivity (Wildman–Crippen MR) is 95.7 cm³/mol. The normalized spacial score (nSPS) is 16.5. The van der Waals surface area contributed by atoms with E-state index in [-0.39, 0.29) is 17.6 Å². The summed E-state index contributed by atoms with van der Waals surface area (Å²) in [5.41, 5.74) is 1.41. The van der Waals surface area contributed by atoms with Crippen LogP contribution in [0.5, 0.6) is 5.75 Å². The van der Waals surface area contributed by atoms with Gasteiger partial charge in [-0.2, -0.15) is 13.2 Å².